The van der Waals surface area contributed by atoms with Gasteiger partial charge in [-0.05, 0) is 41.9 Å². The highest BCUT2D eigenvalue weighted by Gasteiger charge is 2.11. The summed E-state index contributed by atoms with van der Waals surface area (Å²) >= 11 is 3.50. The first-order chi connectivity index (χ1) is 9.60. The molecule has 0 unspecified atom stereocenters. The molecule has 0 fully saturated rings. The number of hydrogen-bond acceptors (Lipinski definition) is 5. The highest BCUT2D eigenvalue weighted by atomic mass is 79.9. The molecular weight excluding hydrogens is 318 g/mol. The van der Waals surface area contributed by atoms with E-state index in [2.05, 4.69) is 36.2 Å². The monoisotopic (exact) mass is 335 g/mol. The van der Waals surface area contributed by atoms with Crippen LogP contribution >= 0.6 is 15.9 Å². The lowest BCUT2D eigenvalue weighted by molar-refractivity contribution is 0.851. The Balaban J connectivity index is 2.19. The minimum absolute atomic E-state index is 0.634. The highest BCUT2D eigenvalue weighted by Crippen LogP contribution is 2.24. The molecule has 2 heterocycles. The summed E-state index contributed by atoms with van der Waals surface area (Å²) in [6.45, 7) is 5.51. The van der Waals surface area contributed by atoms with Gasteiger partial charge in [-0.25, -0.2) is 4.98 Å². The van der Waals surface area contributed by atoms with Crippen LogP contribution in [0.3, 0.4) is 0 Å². The second kappa shape index (κ2) is 6.65. The van der Waals surface area contributed by atoms with Gasteiger partial charge in [0, 0.05) is 25.5 Å². The fourth-order valence-electron chi connectivity index (χ4n) is 1.87. The van der Waals surface area contributed by atoms with E-state index in [-0.39, 0.29) is 0 Å². The average Bonchev–Trinajstić information content (AvgIpc) is 2.41. The van der Waals surface area contributed by atoms with Gasteiger partial charge in [0.1, 0.15) is 5.82 Å². The zero-order chi connectivity index (χ0) is 14.5. The number of aryl methyl sites for hydroxylation is 1. The molecule has 6 heteroatoms. The molecule has 0 radical (unpaired) electrons. The summed E-state index contributed by atoms with van der Waals surface area (Å²) in [4.78, 5) is 15.3. The second-order valence-corrected chi connectivity index (χ2v) is 5.38. The van der Waals surface area contributed by atoms with Crippen molar-refractivity contribution in [3.8, 4) is 0 Å². The third-order valence-corrected chi connectivity index (χ3v) is 3.33. The fourth-order valence-corrected chi connectivity index (χ4v) is 2.37. The van der Waals surface area contributed by atoms with E-state index in [0.717, 1.165) is 28.2 Å². The molecule has 0 saturated carbocycles. The Morgan fingerprint density at radius 1 is 1.30 bits per heavy atom. The molecule has 1 N–H and O–H groups in total. The topological polar surface area (TPSA) is 53.9 Å². The van der Waals surface area contributed by atoms with Gasteiger partial charge in [0.15, 0.2) is 0 Å². The van der Waals surface area contributed by atoms with Gasteiger partial charge in [0.25, 0.3) is 0 Å². The minimum Gasteiger partial charge on any atom is -0.354 e. The van der Waals surface area contributed by atoms with Crippen molar-refractivity contribution in [1.29, 1.82) is 0 Å². The van der Waals surface area contributed by atoms with E-state index in [4.69, 9.17) is 0 Å². The SMILES string of the molecule is CCNc1ncc(Br)c(N(C)Cc2cccc(C)n2)n1. The molecular formula is C14H18BrN5. The minimum atomic E-state index is 0.634. The normalized spacial score (nSPS) is 10.4. The molecule has 0 aromatic carbocycles. The van der Waals surface area contributed by atoms with E-state index in [1.54, 1.807) is 6.20 Å². The van der Waals surface area contributed by atoms with Crippen LogP contribution in [0.1, 0.15) is 18.3 Å². The van der Waals surface area contributed by atoms with Crippen molar-refractivity contribution in [2.75, 3.05) is 23.8 Å². The summed E-state index contributed by atoms with van der Waals surface area (Å²) in [6, 6.07) is 6.03. The maximum Gasteiger partial charge on any atom is 0.224 e. The third-order valence-electron chi connectivity index (χ3n) is 2.77. The van der Waals surface area contributed by atoms with E-state index in [0.29, 0.717) is 12.5 Å². The standard InChI is InChI=1S/C14H18BrN5/c1-4-16-14-17-8-12(15)13(19-14)20(3)9-11-7-5-6-10(2)18-11/h5-8H,4,9H2,1-3H3,(H,16,17,19). The first kappa shape index (κ1) is 14.7. The van der Waals surface area contributed by atoms with Gasteiger partial charge in [0.05, 0.1) is 16.7 Å². The Morgan fingerprint density at radius 2 is 2.10 bits per heavy atom. The van der Waals surface area contributed by atoms with Crippen molar-refractivity contribution in [3.63, 3.8) is 0 Å². The molecule has 0 aliphatic carbocycles. The molecule has 0 atom stereocenters. The zero-order valence-electron chi connectivity index (χ0n) is 11.9. The summed E-state index contributed by atoms with van der Waals surface area (Å²) in [5, 5.41) is 3.12. The van der Waals surface area contributed by atoms with E-state index >= 15 is 0 Å². The predicted molar refractivity (Wildman–Crippen MR) is 85.0 cm³/mol. The Hall–Kier alpha value is -1.69. The van der Waals surface area contributed by atoms with Crippen LogP contribution in [-0.4, -0.2) is 28.5 Å². The van der Waals surface area contributed by atoms with Crippen LogP contribution in [0.15, 0.2) is 28.9 Å². The number of halogens is 1. The summed E-state index contributed by atoms with van der Waals surface area (Å²) in [6.07, 6.45) is 1.76. The van der Waals surface area contributed by atoms with Crippen molar-refractivity contribution in [3.05, 3.63) is 40.3 Å². The highest BCUT2D eigenvalue weighted by molar-refractivity contribution is 9.10. The van der Waals surface area contributed by atoms with E-state index < -0.39 is 0 Å². The van der Waals surface area contributed by atoms with Crippen LogP contribution in [-0.2, 0) is 6.54 Å². The Kier molecular flexibility index (Phi) is 4.89. The Morgan fingerprint density at radius 3 is 2.80 bits per heavy atom. The zero-order valence-corrected chi connectivity index (χ0v) is 13.5. The molecule has 2 aromatic rings. The number of rotatable bonds is 5. The van der Waals surface area contributed by atoms with Crippen molar-refractivity contribution < 1.29 is 0 Å². The predicted octanol–water partition coefficient (Wildman–Crippen LogP) is 3.01. The number of aromatic nitrogens is 3. The van der Waals surface area contributed by atoms with Crippen LogP contribution in [0.4, 0.5) is 11.8 Å². The van der Waals surface area contributed by atoms with Gasteiger partial charge < -0.3 is 10.2 Å². The lowest BCUT2D eigenvalue weighted by Crippen LogP contribution is -2.20. The third kappa shape index (κ3) is 3.66. The molecule has 0 saturated heterocycles. The summed E-state index contributed by atoms with van der Waals surface area (Å²) in [7, 11) is 1.99. The van der Waals surface area contributed by atoms with Crippen LogP contribution < -0.4 is 10.2 Å². The molecule has 2 aromatic heterocycles. The molecule has 2 rings (SSSR count). The van der Waals surface area contributed by atoms with Gasteiger partial charge >= 0.3 is 0 Å². The first-order valence-electron chi connectivity index (χ1n) is 6.50. The average molecular weight is 336 g/mol. The van der Waals surface area contributed by atoms with Gasteiger partial charge in [-0.1, -0.05) is 6.07 Å². The molecule has 106 valence electrons. The van der Waals surface area contributed by atoms with Crippen molar-refractivity contribution >= 4 is 27.7 Å². The summed E-state index contributed by atoms with van der Waals surface area (Å²) in [5.74, 6) is 1.48. The number of nitrogens with one attached hydrogen (secondary N) is 1. The Bertz CT molecular complexity index is 588. The number of hydrogen-bond donors (Lipinski definition) is 1. The summed E-state index contributed by atoms with van der Waals surface area (Å²) in [5.41, 5.74) is 2.04. The molecule has 0 amide bonds. The molecule has 0 bridgehead atoms. The maximum atomic E-state index is 4.51. The van der Waals surface area contributed by atoms with E-state index in [9.17, 15) is 0 Å². The Labute approximate surface area is 127 Å². The smallest absolute Gasteiger partial charge is 0.224 e. The van der Waals surface area contributed by atoms with Crippen LogP contribution in [0.2, 0.25) is 0 Å². The molecule has 20 heavy (non-hydrogen) atoms. The largest absolute Gasteiger partial charge is 0.354 e. The van der Waals surface area contributed by atoms with Gasteiger partial charge in [-0.15, -0.1) is 0 Å². The van der Waals surface area contributed by atoms with E-state index in [1.165, 1.54) is 0 Å². The van der Waals surface area contributed by atoms with Crippen LogP contribution in [0, 0.1) is 6.92 Å². The lowest BCUT2D eigenvalue weighted by Gasteiger charge is -2.19. The van der Waals surface area contributed by atoms with E-state index in [1.807, 2.05) is 44.0 Å². The number of nitrogens with zero attached hydrogens (tertiary/aromatic N) is 4. The summed E-state index contributed by atoms with van der Waals surface area (Å²) < 4.78 is 0.870. The van der Waals surface area contributed by atoms with Crippen molar-refractivity contribution in [2.45, 2.75) is 20.4 Å². The van der Waals surface area contributed by atoms with Gasteiger partial charge in [-0.2, -0.15) is 4.98 Å². The van der Waals surface area contributed by atoms with Crippen molar-refractivity contribution in [2.24, 2.45) is 0 Å². The van der Waals surface area contributed by atoms with Crippen LogP contribution in [0.25, 0.3) is 0 Å². The van der Waals surface area contributed by atoms with Crippen LogP contribution in [0.5, 0.6) is 0 Å². The lowest BCUT2D eigenvalue weighted by atomic mass is 10.3. The van der Waals surface area contributed by atoms with Gasteiger partial charge in [-0.3, -0.25) is 4.98 Å². The number of pyridine rings is 1. The molecule has 0 aliphatic heterocycles. The van der Waals surface area contributed by atoms with Gasteiger partial charge in [0.2, 0.25) is 5.95 Å². The van der Waals surface area contributed by atoms with Crippen molar-refractivity contribution in [1.82, 2.24) is 15.0 Å². The quantitative estimate of drug-likeness (QED) is 0.910. The second-order valence-electron chi connectivity index (χ2n) is 4.52. The fraction of sp³-hybridized carbons (Fsp3) is 0.357. The molecule has 0 aliphatic rings. The molecule has 5 nitrogen and oxygen atoms in total. The molecule has 0 spiro atoms. The maximum absolute atomic E-state index is 4.51. The number of anilines is 2. The first-order valence-corrected chi connectivity index (χ1v) is 7.29.